The molecule has 0 spiro atoms. The van der Waals surface area contributed by atoms with Crippen molar-refractivity contribution in [3.63, 3.8) is 0 Å². The third-order valence-corrected chi connectivity index (χ3v) is 8.57. The lowest BCUT2D eigenvalue weighted by Crippen LogP contribution is -2.30. The van der Waals surface area contributed by atoms with Gasteiger partial charge in [-0.3, -0.25) is 4.79 Å². The summed E-state index contributed by atoms with van der Waals surface area (Å²) in [7, 11) is -3.86. The molecular weight excluding hydrogens is 475 g/mol. The smallest absolute Gasteiger partial charge is 0.286 e. The number of benzene rings is 2. The van der Waals surface area contributed by atoms with Gasteiger partial charge in [0.1, 0.15) is 26.8 Å². The first-order valence-electron chi connectivity index (χ1n) is 9.57. The summed E-state index contributed by atoms with van der Waals surface area (Å²) in [4.78, 5) is 12.6. The van der Waals surface area contributed by atoms with E-state index < -0.39 is 27.8 Å². The molecule has 3 heterocycles. The highest BCUT2D eigenvalue weighted by molar-refractivity contribution is 7.89. The quantitative estimate of drug-likeness (QED) is 0.455. The topological polar surface area (TPSA) is 118 Å². The number of aromatic nitrogens is 4. The molecule has 2 aromatic carbocycles. The Morgan fingerprint density at radius 2 is 1.94 bits per heavy atom. The van der Waals surface area contributed by atoms with Gasteiger partial charge in [0.15, 0.2) is 0 Å². The molecule has 1 N–H and O–H groups in total. The number of nitrogens with zero attached hydrogens (tertiary/aromatic N) is 5. The molecule has 1 amide bonds. The van der Waals surface area contributed by atoms with Gasteiger partial charge in [-0.25, -0.2) is 12.8 Å². The van der Waals surface area contributed by atoms with Gasteiger partial charge in [0, 0.05) is 12.2 Å². The van der Waals surface area contributed by atoms with Gasteiger partial charge in [0.05, 0.1) is 17.8 Å². The average molecular weight is 491 g/mol. The molecule has 5 rings (SSSR count). The van der Waals surface area contributed by atoms with E-state index in [0.29, 0.717) is 41.1 Å². The number of sulfonamides is 1. The molecule has 1 aliphatic heterocycles. The molecular formula is C19H15FN6O3S3. The Morgan fingerprint density at radius 1 is 1.12 bits per heavy atom. The van der Waals surface area contributed by atoms with Crippen LogP contribution in [0.15, 0.2) is 47.4 Å². The average Bonchev–Trinajstić information content (AvgIpc) is 3.54. The Morgan fingerprint density at radius 3 is 2.75 bits per heavy atom. The van der Waals surface area contributed by atoms with Gasteiger partial charge in [0.2, 0.25) is 15.0 Å². The van der Waals surface area contributed by atoms with Crippen LogP contribution in [-0.4, -0.2) is 44.1 Å². The van der Waals surface area contributed by atoms with Gasteiger partial charge in [-0.15, -0.1) is 10.2 Å². The van der Waals surface area contributed by atoms with Crippen LogP contribution in [-0.2, 0) is 10.0 Å². The van der Waals surface area contributed by atoms with E-state index in [9.17, 15) is 17.6 Å². The summed E-state index contributed by atoms with van der Waals surface area (Å²) in [5, 5.41) is 11.2. The summed E-state index contributed by atoms with van der Waals surface area (Å²) >= 11 is 2.00. The first kappa shape index (κ1) is 21.0. The normalized spacial score (nSPS) is 17.1. The highest BCUT2D eigenvalue weighted by Crippen LogP contribution is 2.39. The van der Waals surface area contributed by atoms with Crippen molar-refractivity contribution in [1.82, 2.24) is 23.2 Å². The fourth-order valence-electron chi connectivity index (χ4n) is 3.57. The number of rotatable bonds is 5. The standard InChI is InChI=1S/C19H15FN6O3S3/c20-11-6-8-12(9-7-11)21-17(27)19-23-22-18(30-19)14-4-2-10-26(14)32(28,29)15-5-1-3-13-16(15)25-31-24-13/h1,3,5-9,14H,2,4,10H2,(H,21,27). The molecule has 1 aliphatic rings. The van der Waals surface area contributed by atoms with E-state index in [0.717, 1.165) is 23.1 Å². The van der Waals surface area contributed by atoms with Crippen molar-refractivity contribution in [1.29, 1.82) is 0 Å². The zero-order valence-corrected chi connectivity index (χ0v) is 18.8. The van der Waals surface area contributed by atoms with Crippen LogP contribution in [0.2, 0.25) is 0 Å². The van der Waals surface area contributed by atoms with E-state index in [1.165, 1.54) is 34.6 Å². The van der Waals surface area contributed by atoms with E-state index in [1.807, 2.05) is 0 Å². The number of amides is 1. The lowest BCUT2D eigenvalue weighted by atomic mass is 10.2. The Bertz CT molecular complexity index is 1400. The maximum absolute atomic E-state index is 13.4. The van der Waals surface area contributed by atoms with E-state index in [1.54, 1.807) is 12.1 Å². The van der Waals surface area contributed by atoms with E-state index in [-0.39, 0.29) is 9.90 Å². The van der Waals surface area contributed by atoms with Crippen molar-refractivity contribution >= 4 is 55.7 Å². The van der Waals surface area contributed by atoms with E-state index in [2.05, 4.69) is 24.3 Å². The van der Waals surface area contributed by atoms with Gasteiger partial charge >= 0.3 is 0 Å². The number of hydrogen-bond donors (Lipinski definition) is 1. The largest absolute Gasteiger partial charge is 0.320 e. The Kier molecular flexibility index (Phi) is 5.41. The molecule has 1 atom stereocenters. The third-order valence-electron chi connectivity index (χ3n) is 5.06. The predicted octanol–water partition coefficient (Wildman–Crippen LogP) is 3.46. The molecule has 2 aromatic heterocycles. The van der Waals surface area contributed by atoms with Gasteiger partial charge in [0.25, 0.3) is 5.91 Å². The molecule has 1 unspecified atom stereocenters. The van der Waals surface area contributed by atoms with Crippen LogP contribution < -0.4 is 5.32 Å². The molecule has 32 heavy (non-hydrogen) atoms. The molecule has 4 aromatic rings. The minimum Gasteiger partial charge on any atom is -0.320 e. The number of carbonyl (C=O) groups excluding carboxylic acids is 1. The molecule has 9 nitrogen and oxygen atoms in total. The van der Waals surface area contributed by atoms with Crippen molar-refractivity contribution < 1.29 is 17.6 Å². The van der Waals surface area contributed by atoms with E-state index >= 15 is 0 Å². The van der Waals surface area contributed by atoms with Gasteiger partial charge in [-0.2, -0.15) is 13.1 Å². The van der Waals surface area contributed by atoms with Crippen LogP contribution in [0.5, 0.6) is 0 Å². The van der Waals surface area contributed by atoms with Crippen LogP contribution >= 0.6 is 23.1 Å². The van der Waals surface area contributed by atoms with Crippen molar-refractivity contribution in [2.75, 3.05) is 11.9 Å². The summed E-state index contributed by atoms with van der Waals surface area (Å²) in [6.07, 6.45) is 1.23. The van der Waals surface area contributed by atoms with Crippen molar-refractivity contribution in [3.05, 3.63) is 58.3 Å². The first-order chi connectivity index (χ1) is 15.4. The number of nitrogens with one attached hydrogen (secondary N) is 1. The molecule has 13 heteroatoms. The SMILES string of the molecule is O=C(Nc1ccc(F)cc1)c1nnc(C2CCCN2S(=O)(=O)c2cccc3nsnc23)s1. The summed E-state index contributed by atoms with van der Waals surface area (Å²) in [6.45, 7) is 0.331. The Labute approximate surface area is 190 Å². The highest BCUT2D eigenvalue weighted by atomic mass is 32.2. The number of fused-ring (bicyclic) bond motifs is 1. The molecule has 0 radical (unpaired) electrons. The fraction of sp³-hybridized carbons (Fsp3) is 0.211. The first-order valence-corrected chi connectivity index (χ1v) is 12.6. The van der Waals surface area contributed by atoms with E-state index in [4.69, 9.17) is 0 Å². The molecule has 0 aliphatic carbocycles. The number of carbonyl (C=O) groups is 1. The molecule has 164 valence electrons. The second-order valence-corrected chi connectivity index (χ2v) is 10.5. The lowest BCUT2D eigenvalue weighted by Gasteiger charge is -2.22. The number of hydrogen-bond acceptors (Lipinski definition) is 9. The summed E-state index contributed by atoms with van der Waals surface area (Å²) in [5.74, 6) is -0.904. The Balaban J connectivity index is 1.40. The van der Waals surface area contributed by atoms with Gasteiger partial charge < -0.3 is 5.32 Å². The maximum Gasteiger partial charge on any atom is 0.286 e. The predicted molar refractivity (Wildman–Crippen MR) is 118 cm³/mol. The van der Waals surface area contributed by atoms with Crippen molar-refractivity contribution in [3.8, 4) is 0 Å². The summed E-state index contributed by atoms with van der Waals surface area (Å²) in [6, 6.07) is 9.72. The van der Waals surface area contributed by atoms with Crippen molar-refractivity contribution in [2.24, 2.45) is 0 Å². The van der Waals surface area contributed by atoms with Gasteiger partial charge in [-0.1, -0.05) is 17.4 Å². The zero-order chi connectivity index (χ0) is 22.3. The fourth-order valence-corrected chi connectivity index (χ4v) is 6.94. The summed E-state index contributed by atoms with van der Waals surface area (Å²) < 4.78 is 49.6. The van der Waals surface area contributed by atoms with Crippen LogP contribution in [0, 0.1) is 5.82 Å². The molecule has 0 bridgehead atoms. The third kappa shape index (κ3) is 3.77. The molecule has 1 saturated heterocycles. The summed E-state index contributed by atoms with van der Waals surface area (Å²) in [5.41, 5.74) is 1.30. The second kappa shape index (κ2) is 8.24. The monoisotopic (exact) mass is 490 g/mol. The Hall–Kier alpha value is -2.87. The minimum atomic E-state index is -3.86. The molecule has 0 saturated carbocycles. The van der Waals surface area contributed by atoms with Crippen LogP contribution in [0.4, 0.5) is 10.1 Å². The van der Waals surface area contributed by atoms with Crippen molar-refractivity contribution in [2.45, 2.75) is 23.8 Å². The lowest BCUT2D eigenvalue weighted by molar-refractivity contribution is 0.102. The maximum atomic E-state index is 13.4. The second-order valence-electron chi connectivity index (χ2n) is 7.07. The highest BCUT2D eigenvalue weighted by Gasteiger charge is 2.39. The van der Waals surface area contributed by atoms with Crippen LogP contribution in [0.3, 0.4) is 0 Å². The minimum absolute atomic E-state index is 0.0966. The number of anilines is 1. The number of halogens is 1. The van der Waals surface area contributed by atoms with Crippen LogP contribution in [0.25, 0.3) is 11.0 Å². The molecule has 1 fully saturated rings. The zero-order valence-electron chi connectivity index (χ0n) is 16.3. The van der Waals surface area contributed by atoms with Crippen LogP contribution in [0.1, 0.15) is 33.7 Å². The van der Waals surface area contributed by atoms with Gasteiger partial charge in [-0.05, 0) is 49.2 Å².